The zero-order valence-corrected chi connectivity index (χ0v) is 13.3. The van der Waals surface area contributed by atoms with Crippen LogP contribution in [0.2, 0.25) is 0 Å². The first-order chi connectivity index (χ1) is 9.35. The fourth-order valence-electron chi connectivity index (χ4n) is 1.99. The molecule has 1 saturated heterocycles. The fourth-order valence-corrected chi connectivity index (χ4v) is 2.84. The predicted molar refractivity (Wildman–Crippen MR) is 79.5 cm³/mol. The summed E-state index contributed by atoms with van der Waals surface area (Å²) in [6, 6.07) is 0. The minimum Gasteiger partial charge on any atom is -0.456 e. The molecule has 1 N–H and O–H groups in total. The summed E-state index contributed by atoms with van der Waals surface area (Å²) in [6.07, 6.45) is 2.45. The van der Waals surface area contributed by atoms with Crippen molar-refractivity contribution in [2.45, 2.75) is 52.2 Å². The van der Waals surface area contributed by atoms with Gasteiger partial charge >= 0.3 is 5.97 Å². The Morgan fingerprint density at radius 1 is 1.55 bits per heavy atom. The van der Waals surface area contributed by atoms with E-state index in [4.69, 9.17) is 9.47 Å². The molecule has 0 aliphatic carbocycles. The maximum absolute atomic E-state index is 12.1. The Balaban J connectivity index is 1.96. The molecule has 0 radical (unpaired) electrons. The fraction of sp³-hybridized carbons (Fsp3) is 0.714. The molecule has 1 aromatic heterocycles. The number of hydrogen-bond acceptors (Lipinski definition) is 6. The summed E-state index contributed by atoms with van der Waals surface area (Å²) in [5.74, 6) is -0.308. The van der Waals surface area contributed by atoms with Crippen molar-refractivity contribution in [3.8, 4) is 0 Å². The molecule has 20 heavy (non-hydrogen) atoms. The average molecular weight is 298 g/mol. The number of esters is 1. The maximum Gasteiger partial charge on any atom is 0.350 e. The SMILES string of the molecule is Cc1nc(NCC2CCCO2)sc1C(=O)OC(C)(C)C. The lowest BCUT2D eigenvalue weighted by Crippen LogP contribution is -2.23. The van der Waals surface area contributed by atoms with Crippen molar-refractivity contribution < 1.29 is 14.3 Å². The highest BCUT2D eigenvalue weighted by Crippen LogP contribution is 2.25. The minimum absolute atomic E-state index is 0.254. The van der Waals surface area contributed by atoms with E-state index in [1.807, 2.05) is 27.7 Å². The Labute approximate surface area is 123 Å². The van der Waals surface area contributed by atoms with Gasteiger partial charge in [-0.1, -0.05) is 11.3 Å². The highest BCUT2D eigenvalue weighted by molar-refractivity contribution is 7.17. The van der Waals surface area contributed by atoms with Crippen LogP contribution in [0, 0.1) is 6.92 Å². The molecule has 0 saturated carbocycles. The van der Waals surface area contributed by atoms with Crippen molar-refractivity contribution in [3.63, 3.8) is 0 Å². The molecule has 0 amide bonds. The van der Waals surface area contributed by atoms with Gasteiger partial charge in [0.2, 0.25) is 0 Å². The second-order valence-corrected chi connectivity index (χ2v) is 6.95. The smallest absolute Gasteiger partial charge is 0.350 e. The molecular formula is C14H22N2O3S. The van der Waals surface area contributed by atoms with Crippen LogP contribution in [0.3, 0.4) is 0 Å². The summed E-state index contributed by atoms with van der Waals surface area (Å²) in [6.45, 7) is 8.98. The van der Waals surface area contributed by atoms with Crippen LogP contribution in [0.5, 0.6) is 0 Å². The van der Waals surface area contributed by atoms with Crippen molar-refractivity contribution in [2.24, 2.45) is 0 Å². The third-order valence-electron chi connectivity index (χ3n) is 2.89. The van der Waals surface area contributed by atoms with Crippen LogP contribution >= 0.6 is 11.3 Å². The second kappa shape index (κ2) is 6.10. The monoisotopic (exact) mass is 298 g/mol. The van der Waals surface area contributed by atoms with Gasteiger partial charge in [0.25, 0.3) is 0 Å². The second-order valence-electron chi connectivity index (χ2n) is 5.95. The first-order valence-electron chi connectivity index (χ1n) is 6.91. The zero-order chi connectivity index (χ0) is 14.8. The highest BCUT2D eigenvalue weighted by atomic mass is 32.1. The van der Waals surface area contributed by atoms with Crippen molar-refractivity contribution >= 4 is 22.4 Å². The van der Waals surface area contributed by atoms with Gasteiger partial charge in [0.15, 0.2) is 5.13 Å². The number of hydrogen-bond donors (Lipinski definition) is 1. The van der Waals surface area contributed by atoms with Crippen molar-refractivity contribution in [2.75, 3.05) is 18.5 Å². The molecule has 1 unspecified atom stereocenters. The van der Waals surface area contributed by atoms with Crippen LogP contribution in [0.15, 0.2) is 0 Å². The molecule has 1 aromatic rings. The summed E-state index contributed by atoms with van der Waals surface area (Å²) < 4.78 is 10.9. The molecule has 1 aliphatic heterocycles. The Kier molecular flexibility index (Phi) is 4.65. The number of anilines is 1. The summed E-state index contributed by atoms with van der Waals surface area (Å²) in [5, 5.41) is 3.99. The van der Waals surface area contributed by atoms with E-state index in [1.54, 1.807) is 0 Å². The van der Waals surface area contributed by atoms with Gasteiger partial charge in [0.05, 0.1) is 11.8 Å². The van der Waals surface area contributed by atoms with Gasteiger partial charge in [0.1, 0.15) is 10.5 Å². The third kappa shape index (κ3) is 4.18. The van der Waals surface area contributed by atoms with Gasteiger partial charge in [0, 0.05) is 13.2 Å². The topological polar surface area (TPSA) is 60.5 Å². The Morgan fingerprint density at radius 2 is 2.30 bits per heavy atom. The lowest BCUT2D eigenvalue weighted by atomic mass is 10.2. The van der Waals surface area contributed by atoms with Crippen LogP contribution < -0.4 is 5.32 Å². The highest BCUT2D eigenvalue weighted by Gasteiger charge is 2.23. The van der Waals surface area contributed by atoms with E-state index in [0.29, 0.717) is 10.6 Å². The molecule has 0 aromatic carbocycles. The molecule has 2 rings (SSSR count). The van der Waals surface area contributed by atoms with Crippen LogP contribution in [0.1, 0.15) is 49.0 Å². The van der Waals surface area contributed by atoms with Crippen molar-refractivity contribution in [1.29, 1.82) is 0 Å². The summed E-state index contributed by atoms with van der Waals surface area (Å²) in [4.78, 5) is 17.0. The molecule has 5 nitrogen and oxygen atoms in total. The average Bonchev–Trinajstić information content (AvgIpc) is 2.93. The maximum atomic E-state index is 12.1. The first-order valence-corrected chi connectivity index (χ1v) is 7.73. The number of thiazole rings is 1. The number of rotatable bonds is 4. The number of nitrogens with zero attached hydrogens (tertiary/aromatic N) is 1. The van der Waals surface area contributed by atoms with Gasteiger partial charge in [-0.25, -0.2) is 9.78 Å². The number of aromatic nitrogens is 1. The van der Waals surface area contributed by atoms with Crippen LogP contribution in [0.4, 0.5) is 5.13 Å². The Bertz CT molecular complexity index is 473. The number of nitrogens with one attached hydrogen (secondary N) is 1. The van der Waals surface area contributed by atoms with Gasteiger partial charge in [-0.3, -0.25) is 0 Å². The normalized spacial score (nSPS) is 19.1. The molecule has 0 bridgehead atoms. The largest absolute Gasteiger partial charge is 0.456 e. The molecular weight excluding hydrogens is 276 g/mol. The molecule has 0 spiro atoms. The molecule has 1 fully saturated rings. The zero-order valence-electron chi connectivity index (χ0n) is 12.5. The third-order valence-corrected chi connectivity index (χ3v) is 3.98. The summed E-state index contributed by atoms with van der Waals surface area (Å²) in [7, 11) is 0. The van der Waals surface area contributed by atoms with Crippen molar-refractivity contribution in [3.05, 3.63) is 10.6 Å². The first kappa shape index (κ1) is 15.3. The van der Waals surface area contributed by atoms with Gasteiger partial charge in [-0.15, -0.1) is 0 Å². The van der Waals surface area contributed by atoms with E-state index >= 15 is 0 Å². The minimum atomic E-state index is -0.487. The quantitative estimate of drug-likeness (QED) is 0.866. The Hall–Kier alpha value is -1.14. The van der Waals surface area contributed by atoms with E-state index < -0.39 is 5.60 Å². The number of aryl methyl sites for hydroxylation is 1. The Morgan fingerprint density at radius 3 is 2.90 bits per heavy atom. The van der Waals surface area contributed by atoms with Crippen LogP contribution in [-0.2, 0) is 9.47 Å². The number of ether oxygens (including phenoxy) is 2. The lowest BCUT2D eigenvalue weighted by molar-refractivity contribution is 0.00742. The molecule has 1 aliphatic rings. The number of carbonyl (C=O) groups is 1. The summed E-state index contributed by atoms with van der Waals surface area (Å²) >= 11 is 1.34. The van der Waals surface area contributed by atoms with Crippen molar-refractivity contribution in [1.82, 2.24) is 4.98 Å². The number of carbonyl (C=O) groups excluding carboxylic acids is 1. The lowest BCUT2D eigenvalue weighted by Gasteiger charge is -2.18. The van der Waals surface area contributed by atoms with Gasteiger partial charge < -0.3 is 14.8 Å². The predicted octanol–water partition coefficient (Wildman–Crippen LogP) is 3.00. The van der Waals surface area contributed by atoms with Crippen LogP contribution in [-0.4, -0.2) is 35.8 Å². The summed E-state index contributed by atoms with van der Waals surface area (Å²) in [5.41, 5.74) is 0.220. The molecule has 1 atom stereocenters. The molecule has 112 valence electrons. The van der Waals surface area contributed by atoms with E-state index in [-0.39, 0.29) is 12.1 Å². The van der Waals surface area contributed by atoms with E-state index in [9.17, 15) is 4.79 Å². The van der Waals surface area contributed by atoms with E-state index in [1.165, 1.54) is 11.3 Å². The van der Waals surface area contributed by atoms with Gasteiger partial charge in [-0.05, 0) is 40.5 Å². The van der Waals surface area contributed by atoms with E-state index in [2.05, 4.69) is 10.3 Å². The van der Waals surface area contributed by atoms with Gasteiger partial charge in [-0.2, -0.15) is 0 Å². The molecule has 2 heterocycles. The molecule has 6 heteroatoms. The van der Waals surface area contributed by atoms with Crippen LogP contribution in [0.25, 0.3) is 0 Å². The van der Waals surface area contributed by atoms with E-state index in [0.717, 1.165) is 31.1 Å². The standard InChI is InChI=1S/C14H22N2O3S/c1-9-11(12(17)19-14(2,3)4)20-13(16-9)15-8-10-6-5-7-18-10/h10H,5-8H2,1-4H3,(H,15,16).